The van der Waals surface area contributed by atoms with Crippen LogP contribution in [0.5, 0.6) is 0 Å². The van der Waals surface area contributed by atoms with E-state index in [0.29, 0.717) is 11.1 Å². The third-order valence-corrected chi connectivity index (χ3v) is 3.55. The summed E-state index contributed by atoms with van der Waals surface area (Å²) in [6.07, 6.45) is 5.02. The van der Waals surface area contributed by atoms with Crippen LogP contribution in [-0.2, 0) is 4.79 Å². The Labute approximate surface area is 132 Å². The molecule has 0 bridgehead atoms. The number of aromatic nitrogens is 2. The molecule has 0 fully saturated rings. The Bertz CT molecular complexity index is 820. The van der Waals surface area contributed by atoms with Crippen molar-refractivity contribution in [1.29, 1.82) is 0 Å². The minimum absolute atomic E-state index is 0.326. The zero-order valence-corrected chi connectivity index (χ0v) is 12.1. The molecule has 114 valence electrons. The average molecular weight is 306 g/mol. The van der Waals surface area contributed by atoms with Gasteiger partial charge in [0.2, 0.25) is 0 Å². The minimum Gasteiger partial charge on any atom is -0.479 e. The van der Waals surface area contributed by atoms with Gasteiger partial charge < -0.3 is 10.2 Å². The molecule has 0 saturated heterocycles. The Morgan fingerprint density at radius 3 is 2.13 bits per heavy atom. The third-order valence-electron chi connectivity index (χ3n) is 3.55. The van der Waals surface area contributed by atoms with Crippen molar-refractivity contribution in [1.82, 2.24) is 9.97 Å². The number of aliphatic hydroxyl groups is 1. The van der Waals surface area contributed by atoms with Gasteiger partial charge in [0.25, 0.3) is 0 Å². The number of aliphatic carboxylic acids is 1. The van der Waals surface area contributed by atoms with Gasteiger partial charge in [-0.05, 0) is 34.9 Å². The second kappa shape index (κ2) is 6.37. The number of carboxylic acid groups (broad SMARTS) is 1. The first-order valence-electron chi connectivity index (χ1n) is 7.02. The SMILES string of the molecule is O=C(O)C(O)c1cc(-c2cccnc2)ccc1-c1cccnc1. The molecule has 2 heterocycles. The predicted octanol–water partition coefficient (Wildman–Crippen LogP) is 2.93. The van der Waals surface area contributed by atoms with E-state index in [0.717, 1.165) is 16.7 Å². The Morgan fingerprint density at radius 1 is 0.913 bits per heavy atom. The third kappa shape index (κ3) is 3.09. The summed E-state index contributed by atoms with van der Waals surface area (Å²) in [5.41, 5.74) is 3.36. The Kier molecular flexibility index (Phi) is 4.12. The van der Waals surface area contributed by atoms with Crippen LogP contribution in [0.25, 0.3) is 22.3 Å². The van der Waals surface area contributed by atoms with Crippen molar-refractivity contribution >= 4 is 5.97 Å². The van der Waals surface area contributed by atoms with Crippen LogP contribution in [0.4, 0.5) is 0 Å². The predicted molar refractivity (Wildman–Crippen MR) is 85.5 cm³/mol. The number of pyridine rings is 2. The monoisotopic (exact) mass is 306 g/mol. The van der Waals surface area contributed by atoms with Gasteiger partial charge in [0, 0.05) is 35.9 Å². The van der Waals surface area contributed by atoms with Gasteiger partial charge >= 0.3 is 5.97 Å². The summed E-state index contributed by atoms with van der Waals surface area (Å²) >= 11 is 0. The van der Waals surface area contributed by atoms with Crippen molar-refractivity contribution < 1.29 is 15.0 Å². The second-order valence-corrected chi connectivity index (χ2v) is 5.03. The first kappa shape index (κ1) is 14.9. The normalized spacial score (nSPS) is 11.9. The first-order chi connectivity index (χ1) is 11.2. The lowest BCUT2D eigenvalue weighted by Gasteiger charge is -2.14. The van der Waals surface area contributed by atoms with Crippen LogP contribution in [0.3, 0.4) is 0 Å². The molecule has 23 heavy (non-hydrogen) atoms. The number of nitrogens with zero attached hydrogens (tertiary/aromatic N) is 2. The lowest BCUT2D eigenvalue weighted by Crippen LogP contribution is -2.12. The highest BCUT2D eigenvalue weighted by Gasteiger charge is 2.21. The van der Waals surface area contributed by atoms with E-state index < -0.39 is 12.1 Å². The molecule has 1 atom stereocenters. The summed E-state index contributed by atoms with van der Waals surface area (Å²) in [5.74, 6) is -1.29. The van der Waals surface area contributed by atoms with Crippen LogP contribution in [-0.4, -0.2) is 26.2 Å². The summed E-state index contributed by atoms with van der Waals surface area (Å²) in [7, 11) is 0. The van der Waals surface area contributed by atoms with Gasteiger partial charge in [-0.25, -0.2) is 4.79 Å². The molecule has 0 saturated carbocycles. The Morgan fingerprint density at radius 2 is 1.57 bits per heavy atom. The van der Waals surface area contributed by atoms with Crippen LogP contribution in [0.1, 0.15) is 11.7 Å². The Balaban J connectivity index is 2.16. The molecule has 0 aliphatic heterocycles. The molecule has 1 aromatic carbocycles. The van der Waals surface area contributed by atoms with Crippen LogP contribution in [0.2, 0.25) is 0 Å². The van der Waals surface area contributed by atoms with Gasteiger partial charge in [-0.2, -0.15) is 0 Å². The fourth-order valence-electron chi connectivity index (χ4n) is 2.42. The smallest absolute Gasteiger partial charge is 0.337 e. The highest BCUT2D eigenvalue weighted by molar-refractivity contribution is 5.81. The highest BCUT2D eigenvalue weighted by Crippen LogP contribution is 2.32. The fraction of sp³-hybridized carbons (Fsp3) is 0.0556. The summed E-state index contributed by atoms with van der Waals surface area (Å²) < 4.78 is 0. The number of hydrogen-bond donors (Lipinski definition) is 2. The van der Waals surface area contributed by atoms with Crippen molar-refractivity contribution in [3.8, 4) is 22.3 Å². The van der Waals surface area contributed by atoms with Gasteiger partial charge in [-0.15, -0.1) is 0 Å². The van der Waals surface area contributed by atoms with Crippen molar-refractivity contribution in [2.24, 2.45) is 0 Å². The first-order valence-corrected chi connectivity index (χ1v) is 7.02. The molecule has 2 aromatic heterocycles. The number of aliphatic hydroxyl groups excluding tert-OH is 1. The molecule has 5 nitrogen and oxygen atoms in total. The lowest BCUT2D eigenvalue weighted by molar-refractivity contribution is -0.146. The summed E-state index contributed by atoms with van der Waals surface area (Å²) in [6, 6.07) is 12.6. The maximum Gasteiger partial charge on any atom is 0.337 e. The van der Waals surface area contributed by atoms with E-state index >= 15 is 0 Å². The molecule has 0 radical (unpaired) electrons. The number of hydrogen-bond acceptors (Lipinski definition) is 4. The summed E-state index contributed by atoms with van der Waals surface area (Å²) in [6.45, 7) is 0. The largest absolute Gasteiger partial charge is 0.479 e. The zero-order valence-electron chi connectivity index (χ0n) is 12.1. The number of rotatable bonds is 4. The molecule has 0 aliphatic rings. The quantitative estimate of drug-likeness (QED) is 0.774. The average Bonchev–Trinajstić information content (AvgIpc) is 2.62. The Hall–Kier alpha value is -3.05. The molecular formula is C18H14N2O3. The fourth-order valence-corrected chi connectivity index (χ4v) is 2.42. The molecule has 0 aliphatic carbocycles. The van der Waals surface area contributed by atoms with Crippen molar-refractivity contribution in [3.05, 3.63) is 72.8 Å². The molecule has 1 unspecified atom stereocenters. The van der Waals surface area contributed by atoms with Gasteiger partial charge in [-0.3, -0.25) is 9.97 Å². The van der Waals surface area contributed by atoms with E-state index in [1.807, 2.05) is 18.2 Å². The summed E-state index contributed by atoms with van der Waals surface area (Å²) in [5, 5.41) is 19.3. The number of carbonyl (C=O) groups is 1. The molecule has 3 rings (SSSR count). The van der Waals surface area contributed by atoms with E-state index in [-0.39, 0.29) is 0 Å². The number of carboxylic acids is 1. The molecular weight excluding hydrogens is 292 g/mol. The van der Waals surface area contributed by atoms with Crippen molar-refractivity contribution in [3.63, 3.8) is 0 Å². The maximum absolute atomic E-state index is 11.3. The standard InChI is InChI=1S/C18H14N2O3/c21-17(18(22)23)16-9-12(13-3-1-7-19-10-13)5-6-15(16)14-4-2-8-20-11-14/h1-11,17,21H,(H,22,23). The topological polar surface area (TPSA) is 83.3 Å². The van der Waals surface area contributed by atoms with E-state index in [9.17, 15) is 15.0 Å². The van der Waals surface area contributed by atoms with Crippen LogP contribution in [0, 0.1) is 0 Å². The molecule has 3 aromatic rings. The van der Waals surface area contributed by atoms with Gasteiger partial charge in [0.15, 0.2) is 6.10 Å². The van der Waals surface area contributed by atoms with E-state index in [1.54, 1.807) is 49.1 Å². The van der Waals surface area contributed by atoms with Crippen LogP contribution in [0.15, 0.2) is 67.3 Å². The van der Waals surface area contributed by atoms with E-state index in [2.05, 4.69) is 9.97 Å². The van der Waals surface area contributed by atoms with Crippen molar-refractivity contribution in [2.75, 3.05) is 0 Å². The molecule has 0 amide bonds. The van der Waals surface area contributed by atoms with Crippen molar-refractivity contribution in [2.45, 2.75) is 6.10 Å². The minimum atomic E-state index is -1.61. The van der Waals surface area contributed by atoms with Crippen LogP contribution < -0.4 is 0 Å². The molecule has 2 N–H and O–H groups in total. The van der Waals surface area contributed by atoms with Crippen LogP contribution >= 0.6 is 0 Å². The van der Waals surface area contributed by atoms with Gasteiger partial charge in [-0.1, -0.05) is 24.3 Å². The highest BCUT2D eigenvalue weighted by atomic mass is 16.4. The lowest BCUT2D eigenvalue weighted by atomic mass is 9.93. The second-order valence-electron chi connectivity index (χ2n) is 5.03. The van der Waals surface area contributed by atoms with E-state index in [1.165, 1.54) is 0 Å². The van der Waals surface area contributed by atoms with Gasteiger partial charge in [0.1, 0.15) is 0 Å². The zero-order chi connectivity index (χ0) is 16.2. The number of benzene rings is 1. The molecule has 5 heteroatoms. The van der Waals surface area contributed by atoms with Gasteiger partial charge in [0.05, 0.1) is 0 Å². The van der Waals surface area contributed by atoms with E-state index in [4.69, 9.17) is 0 Å². The molecule has 0 spiro atoms. The maximum atomic E-state index is 11.3. The summed E-state index contributed by atoms with van der Waals surface area (Å²) in [4.78, 5) is 19.4.